The van der Waals surface area contributed by atoms with E-state index >= 15 is 0 Å². The Morgan fingerprint density at radius 2 is 1.88 bits per heavy atom. The molecule has 150 valence electrons. The molecule has 26 heavy (non-hydrogen) atoms. The van der Waals surface area contributed by atoms with Gasteiger partial charge in [-0.2, -0.15) is 0 Å². The molecule has 1 rings (SSSR count). The highest BCUT2D eigenvalue weighted by Gasteiger charge is 2.39. The van der Waals surface area contributed by atoms with Gasteiger partial charge >= 0.3 is 5.97 Å². The molecule has 0 bridgehead atoms. The normalized spacial score (nSPS) is 28.8. The molecule has 0 aromatic rings. The third-order valence-electron chi connectivity index (χ3n) is 5.22. The lowest BCUT2D eigenvalue weighted by Crippen LogP contribution is -2.24. The van der Waals surface area contributed by atoms with E-state index in [1.165, 1.54) is 0 Å². The average Bonchev–Trinajstić information content (AvgIpc) is 2.82. The van der Waals surface area contributed by atoms with Crippen LogP contribution in [0.3, 0.4) is 0 Å². The molecule has 1 fully saturated rings. The molecule has 0 amide bonds. The predicted octanol–water partition coefficient (Wildman–Crippen LogP) is 3.43. The zero-order chi connectivity index (χ0) is 19.6. The summed E-state index contributed by atoms with van der Waals surface area (Å²) in [5.74, 6) is -1.04. The third kappa shape index (κ3) is 8.47. The number of carboxylic acid groups (broad SMARTS) is 1. The minimum absolute atomic E-state index is 0.0802. The number of rotatable bonds is 12. The number of hydrogen-bond donors (Lipinski definition) is 4. The Morgan fingerprint density at radius 3 is 2.54 bits per heavy atom. The van der Waals surface area contributed by atoms with Crippen LogP contribution in [-0.2, 0) is 4.79 Å². The molecule has 5 nitrogen and oxygen atoms in total. The summed E-state index contributed by atoms with van der Waals surface area (Å²) in [6.45, 7) is 3.91. The number of hydrogen-bond acceptors (Lipinski definition) is 4. The molecule has 0 heterocycles. The van der Waals surface area contributed by atoms with Crippen molar-refractivity contribution in [1.82, 2.24) is 0 Å². The molecule has 0 aliphatic heterocycles. The molecule has 0 aromatic carbocycles. The molecule has 0 aromatic heterocycles. The van der Waals surface area contributed by atoms with Crippen LogP contribution in [0.25, 0.3) is 0 Å². The van der Waals surface area contributed by atoms with Crippen LogP contribution in [0.1, 0.15) is 71.6 Å². The lowest BCUT2D eigenvalue weighted by atomic mass is 9.88. The molecule has 4 N–H and O–H groups in total. The maximum atomic E-state index is 10.5. The van der Waals surface area contributed by atoms with Crippen LogP contribution in [0.15, 0.2) is 24.3 Å². The zero-order valence-electron chi connectivity index (χ0n) is 16.2. The van der Waals surface area contributed by atoms with Gasteiger partial charge in [0.25, 0.3) is 0 Å². The van der Waals surface area contributed by atoms with Gasteiger partial charge in [-0.15, -0.1) is 0 Å². The summed E-state index contributed by atoms with van der Waals surface area (Å²) in [4.78, 5) is 10.5. The number of unbranched alkanes of at least 4 members (excludes halogenated alkanes) is 3. The summed E-state index contributed by atoms with van der Waals surface area (Å²) in [7, 11) is 0. The summed E-state index contributed by atoms with van der Waals surface area (Å²) < 4.78 is 0. The van der Waals surface area contributed by atoms with E-state index in [9.17, 15) is 20.1 Å². The van der Waals surface area contributed by atoms with Gasteiger partial charge in [0.1, 0.15) is 0 Å². The monoisotopic (exact) mass is 368 g/mol. The number of aliphatic hydroxyl groups excluding tert-OH is 2. The quantitative estimate of drug-likeness (QED) is 0.312. The Bertz CT molecular complexity index is 469. The molecule has 5 atom stereocenters. The molecule has 5 heteroatoms. The van der Waals surface area contributed by atoms with E-state index in [2.05, 4.69) is 6.92 Å². The second kappa shape index (κ2) is 11.5. The summed E-state index contributed by atoms with van der Waals surface area (Å²) in [6.07, 6.45) is 12.7. The van der Waals surface area contributed by atoms with Crippen molar-refractivity contribution in [1.29, 1.82) is 0 Å². The van der Waals surface area contributed by atoms with Crippen molar-refractivity contribution in [2.45, 2.75) is 89.4 Å². The number of aliphatic carboxylic acids is 1. The van der Waals surface area contributed by atoms with Crippen molar-refractivity contribution >= 4 is 5.97 Å². The molecule has 2 unspecified atom stereocenters. The lowest BCUT2D eigenvalue weighted by molar-refractivity contribution is -0.137. The van der Waals surface area contributed by atoms with Crippen LogP contribution in [-0.4, -0.2) is 44.2 Å². The Labute approximate surface area is 157 Å². The van der Waals surface area contributed by atoms with Gasteiger partial charge in [0.2, 0.25) is 0 Å². The van der Waals surface area contributed by atoms with Crippen molar-refractivity contribution in [3.05, 3.63) is 24.3 Å². The molecule has 0 saturated heterocycles. The molecular formula is C21H36O5. The maximum absolute atomic E-state index is 10.5. The molecule has 1 aliphatic carbocycles. The summed E-state index contributed by atoms with van der Waals surface area (Å²) in [5, 5.41) is 39.6. The van der Waals surface area contributed by atoms with Crippen molar-refractivity contribution in [3.8, 4) is 0 Å². The average molecular weight is 369 g/mol. The number of allylic oxidation sites excluding steroid dienone is 2. The van der Waals surface area contributed by atoms with Gasteiger partial charge in [-0.25, -0.2) is 0 Å². The SMILES string of the molecule is CCCCC[C@](C)(O)C=CC1C(CC=CCCCC(=O)O)[C@@H](O)C[C@H]1O. The highest BCUT2D eigenvalue weighted by atomic mass is 16.4. The molecule has 0 spiro atoms. The fourth-order valence-corrected chi connectivity index (χ4v) is 3.58. The first-order valence-corrected chi connectivity index (χ1v) is 9.91. The second-order valence-corrected chi connectivity index (χ2v) is 7.78. The van der Waals surface area contributed by atoms with Gasteiger partial charge in [-0.1, -0.05) is 50.5 Å². The van der Waals surface area contributed by atoms with Crippen LogP contribution in [0, 0.1) is 11.8 Å². The molecular weight excluding hydrogens is 332 g/mol. The van der Waals surface area contributed by atoms with E-state index in [1.54, 1.807) is 13.0 Å². The maximum Gasteiger partial charge on any atom is 0.303 e. The summed E-state index contributed by atoms with van der Waals surface area (Å²) in [6, 6.07) is 0. The summed E-state index contributed by atoms with van der Waals surface area (Å²) in [5.41, 5.74) is -0.889. The second-order valence-electron chi connectivity index (χ2n) is 7.78. The third-order valence-corrected chi connectivity index (χ3v) is 5.22. The van der Waals surface area contributed by atoms with E-state index < -0.39 is 23.8 Å². The number of aliphatic hydroxyl groups is 3. The van der Waals surface area contributed by atoms with Crippen LogP contribution < -0.4 is 0 Å². The van der Waals surface area contributed by atoms with Gasteiger partial charge in [-0.3, -0.25) is 4.79 Å². The van der Waals surface area contributed by atoms with Gasteiger partial charge in [0.15, 0.2) is 0 Å². The van der Waals surface area contributed by atoms with E-state index in [4.69, 9.17) is 5.11 Å². The van der Waals surface area contributed by atoms with Crippen molar-refractivity contribution in [3.63, 3.8) is 0 Å². The van der Waals surface area contributed by atoms with Crippen molar-refractivity contribution in [2.75, 3.05) is 0 Å². The highest BCUT2D eigenvalue weighted by molar-refractivity contribution is 5.66. The largest absolute Gasteiger partial charge is 0.481 e. The first-order chi connectivity index (χ1) is 12.3. The highest BCUT2D eigenvalue weighted by Crippen LogP contribution is 2.37. The van der Waals surface area contributed by atoms with E-state index in [0.717, 1.165) is 19.3 Å². The Hall–Kier alpha value is -1.17. The van der Waals surface area contributed by atoms with Gasteiger partial charge in [0.05, 0.1) is 17.8 Å². The first-order valence-electron chi connectivity index (χ1n) is 9.91. The molecule has 1 aliphatic rings. The fraction of sp³-hybridized carbons (Fsp3) is 0.762. The van der Waals surface area contributed by atoms with E-state index in [1.807, 2.05) is 18.2 Å². The minimum Gasteiger partial charge on any atom is -0.481 e. The zero-order valence-corrected chi connectivity index (χ0v) is 16.2. The van der Waals surface area contributed by atoms with Gasteiger partial charge in [0, 0.05) is 18.8 Å². The Morgan fingerprint density at radius 1 is 1.15 bits per heavy atom. The fourth-order valence-electron chi connectivity index (χ4n) is 3.58. The molecule has 0 radical (unpaired) electrons. The minimum atomic E-state index is -0.889. The van der Waals surface area contributed by atoms with Crippen molar-refractivity contribution in [2.24, 2.45) is 11.8 Å². The first kappa shape index (κ1) is 22.9. The predicted molar refractivity (Wildman–Crippen MR) is 103 cm³/mol. The Balaban J connectivity index is 2.56. The summed E-state index contributed by atoms with van der Waals surface area (Å²) >= 11 is 0. The topological polar surface area (TPSA) is 98.0 Å². The smallest absolute Gasteiger partial charge is 0.303 e. The van der Waals surface area contributed by atoms with Crippen LogP contribution >= 0.6 is 0 Å². The lowest BCUT2D eigenvalue weighted by Gasteiger charge is -2.23. The van der Waals surface area contributed by atoms with Crippen LogP contribution in [0.4, 0.5) is 0 Å². The standard InChI is InChI=1S/C21H36O5/c1-3-4-9-13-21(2,26)14-12-17-16(18(22)15-19(17)23)10-7-5-6-8-11-20(24)25/h5,7,12,14,16-19,22-23,26H,3-4,6,8-11,13,15H2,1-2H3,(H,24,25)/t16?,17?,18-,19+,21-/m0/s1. The Kier molecular flexibility index (Phi) is 10.1. The van der Waals surface area contributed by atoms with Gasteiger partial charge < -0.3 is 20.4 Å². The number of carbonyl (C=O) groups is 1. The van der Waals surface area contributed by atoms with Crippen molar-refractivity contribution < 1.29 is 25.2 Å². The van der Waals surface area contributed by atoms with Crippen LogP contribution in [0.5, 0.6) is 0 Å². The molecule has 1 saturated carbocycles. The van der Waals surface area contributed by atoms with E-state index in [-0.39, 0.29) is 18.3 Å². The van der Waals surface area contributed by atoms with Gasteiger partial charge in [-0.05, 0) is 38.5 Å². The number of carboxylic acids is 1. The van der Waals surface area contributed by atoms with E-state index in [0.29, 0.717) is 32.1 Å². The van der Waals surface area contributed by atoms with Crippen LogP contribution in [0.2, 0.25) is 0 Å².